The Morgan fingerprint density at radius 1 is 1.27 bits per heavy atom. The van der Waals surface area contributed by atoms with Crippen LogP contribution < -0.4 is 0 Å². The van der Waals surface area contributed by atoms with Gasteiger partial charge in [0.05, 0.1) is 17.6 Å². The molecule has 0 radical (unpaired) electrons. The maximum Gasteiger partial charge on any atom is 0.306 e. The van der Waals surface area contributed by atoms with Gasteiger partial charge in [-0.15, -0.1) is 0 Å². The van der Waals surface area contributed by atoms with Gasteiger partial charge in [-0.3, -0.25) is 4.79 Å². The van der Waals surface area contributed by atoms with Gasteiger partial charge >= 0.3 is 5.97 Å². The Balaban J connectivity index is 2.70. The van der Waals surface area contributed by atoms with E-state index in [-0.39, 0.29) is 12.0 Å². The van der Waals surface area contributed by atoms with Crippen LogP contribution in [0.1, 0.15) is 59.3 Å². The second-order valence-electron chi connectivity index (χ2n) is 5.53. The van der Waals surface area contributed by atoms with E-state index < -0.39 is 11.6 Å². The predicted octanol–water partition coefficient (Wildman–Crippen LogP) is 2.98. The van der Waals surface area contributed by atoms with Crippen molar-refractivity contribution in [2.75, 3.05) is 0 Å². The Kier molecular flexibility index (Phi) is 3.77. The lowest BCUT2D eigenvalue weighted by molar-refractivity contribution is -0.169. The first-order valence-electron chi connectivity index (χ1n) is 5.75. The van der Waals surface area contributed by atoms with Gasteiger partial charge in [0.2, 0.25) is 0 Å². The van der Waals surface area contributed by atoms with Crippen molar-refractivity contribution in [2.45, 2.75) is 70.5 Å². The standard InChI is InChI=1S/C12H22O3/c1-11(2,3)15-12(9-10(13)14)7-5-4-6-8-12/h4-9H2,1-3H3,(H,13,14). The van der Waals surface area contributed by atoms with Crippen molar-refractivity contribution >= 4 is 5.97 Å². The smallest absolute Gasteiger partial charge is 0.306 e. The van der Waals surface area contributed by atoms with Crippen LogP contribution in [0, 0.1) is 0 Å². The van der Waals surface area contributed by atoms with Gasteiger partial charge in [0.25, 0.3) is 0 Å². The highest BCUT2D eigenvalue weighted by molar-refractivity contribution is 5.68. The number of hydrogen-bond acceptors (Lipinski definition) is 2. The summed E-state index contributed by atoms with van der Waals surface area (Å²) in [6.07, 6.45) is 5.29. The molecule has 0 spiro atoms. The van der Waals surface area contributed by atoms with Crippen LogP contribution in [0.4, 0.5) is 0 Å². The zero-order valence-corrected chi connectivity index (χ0v) is 10.0. The fourth-order valence-corrected chi connectivity index (χ4v) is 2.44. The average Bonchev–Trinajstić information content (AvgIpc) is 1.99. The SMILES string of the molecule is CC(C)(C)OC1(CC(=O)O)CCCCC1. The predicted molar refractivity (Wildman–Crippen MR) is 58.9 cm³/mol. The quantitative estimate of drug-likeness (QED) is 0.785. The van der Waals surface area contributed by atoms with E-state index in [0.29, 0.717) is 0 Å². The summed E-state index contributed by atoms with van der Waals surface area (Å²) in [6.45, 7) is 5.97. The van der Waals surface area contributed by atoms with Crippen LogP contribution in [-0.2, 0) is 9.53 Å². The molecular weight excluding hydrogens is 192 g/mol. The van der Waals surface area contributed by atoms with Crippen molar-refractivity contribution < 1.29 is 14.6 Å². The summed E-state index contributed by atoms with van der Waals surface area (Å²) in [6, 6.07) is 0. The van der Waals surface area contributed by atoms with Crippen LogP contribution >= 0.6 is 0 Å². The number of carboxylic acids is 1. The van der Waals surface area contributed by atoms with Gasteiger partial charge in [-0.05, 0) is 33.6 Å². The molecule has 0 aliphatic heterocycles. The summed E-state index contributed by atoms with van der Waals surface area (Å²) in [5.41, 5.74) is -0.672. The normalized spacial score (nSPS) is 21.3. The van der Waals surface area contributed by atoms with Crippen LogP contribution in [0.25, 0.3) is 0 Å². The molecular formula is C12H22O3. The van der Waals surface area contributed by atoms with Crippen LogP contribution in [0.3, 0.4) is 0 Å². The molecule has 0 saturated heterocycles. The van der Waals surface area contributed by atoms with E-state index in [1.807, 2.05) is 20.8 Å². The fraction of sp³-hybridized carbons (Fsp3) is 0.917. The van der Waals surface area contributed by atoms with E-state index in [1.54, 1.807) is 0 Å². The lowest BCUT2D eigenvalue weighted by Gasteiger charge is -2.41. The summed E-state index contributed by atoms with van der Waals surface area (Å²) in [4.78, 5) is 10.9. The average molecular weight is 214 g/mol. The lowest BCUT2D eigenvalue weighted by atomic mass is 9.81. The molecule has 0 unspecified atom stereocenters. The highest BCUT2D eigenvalue weighted by atomic mass is 16.5. The fourth-order valence-electron chi connectivity index (χ4n) is 2.44. The molecule has 1 fully saturated rings. The first kappa shape index (κ1) is 12.5. The molecule has 88 valence electrons. The van der Waals surface area contributed by atoms with Crippen molar-refractivity contribution in [1.82, 2.24) is 0 Å². The largest absolute Gasteiger partial charge is 0.481 e. The van der Waals surface area contributed by atoms with E-state index in [4.69, 9.17) is 9.84 Å². The van der Waals surface area contributed by atoms with Crippen molar-refractivity contribution in [1.29, 1.82) is 0 Å². The number of carbonyl (C=O) groups is 1. The molecule has 0 atom stereocenters. The van der Waals surface area contributed by atoms with Gasteiger partial charge in [-0.1, -0.05) is 19.3 Å². The van der Waals surface area contributed by atoms with Gasteiger partial charge in [0, 0.05) is 0 Å². The molecule has 1 aliphatic rings. The second-order valence-corrected chi connectivity index (χ2v) is 5.53. The molecule has 0 amide bonds. The summed E-state index contributed by atoms with van der Waals surface area (Å²) >= 11 is 0. The number of hydrogen-bond donors (Lipinski definition) is 1. The summed E-state index contributed by atoms with van der Waals surface area (Å²) < 4.78 is 6.00. The van der Waals surface area contributed by atoms with Crippen LogP contribution in [0.15, 0.2) is 0 Å². The van der Waals surface area contributed by atoms with Crippen LogP contribution in [-0.4, -0.2) is 22.3 Å². The van der Waals surface area contributed by atoms with Gasteiger partial charge < -0.3 is 9.84 Å². The molecule has 3 nitrogen and oxygen atoms in total. The van der Waals surface area contributed by atoms with E-state index >= 15 is 0 Å². The summed E-state index contributed by atoms with van der Waals surface area (Å²) in [5, 5.41) is 8.95. The Labute approximate surface area is 91.8 Å². The maximum absolute atomic E-state index is 10.9. The molecule has 0 aromatic carbocycles. The Morgan fingerprint density at radius 2 is 1.80 bits per heavy atom. The third kappa shape index (κ3) is 4.20. The summed E-state index contributed by atoms with van der Waals surface area (Å²) in [5.74, 6) is -0.749. The van der Waals surface area contributed by atoms with E-state index in [2.05, 4.69) is 0 Å². The number of ether oxygens (including phenoxy) is 1. The van der Waals surface area contributed by atoms with Crippen molar-refractivity contribution in [3.63, 3.8) is 0 Å². The van der Waals surface area contributed by atoms with E-state index in [9.17, 15) is 4.79 Å². The molecule has 0 aromatic rings. The van der Waals surface area contributed by atoms with Crippen molar-refractivity contribution in [3.05, 3.63) is 0 Å². The Morgan fingerprint density at radius 3 is 2.20 bits per heavy atom. The van der Waals surface area contributed by atoms with Crippen LogP contribution in [0.5, 0.6) is 0 Å². The minimum Gasteiger partial charge on any atom is -0.481 e. The zero-order chi connectivity index (χ0) is 11.5. The Hall–Kier alpha value is -0.570. The van der Waals surface area contributed by atoms with Gasteiger partial charge in [0.15, 0.2) is 0 Å². The molecule has 1 rings (SSSR count). The van der Waals surface area contributed by atoms with E-state index in [0.717, 1.165) is 25.7 Å². The van der Waals surface area contributed by atoms with Crippen molar-refractivity contribution in [2.24, 2.45) is 0 Å². The third-order valence-electron chi connectivity index (χ3n) is 2.76. The number of aliphatic carboxylic acids is 1. The molecule has 15 heavy (non-hydrogen) atoms. The number of carboxylic acid groups (broad SMARTS) is 1. The molecule has 1 N–H and O–H groups in total. The minimum atomic E-state index is -0.749. The topological polar surface area (TPSA) is 46.5 Å². The molecule has 0 heterocycles. The molecule has 0 bridgehead atoms. The zero-order valence-electron chi connectivity index (χ0n) is 10.0. The third-order valence-corrected chi connectivity index (χ3v) is 2.76. The van der Waals surface area contributed by atoms with Crippen LogP contribution in [0.2, 0.25) is 0 Å². The first-order valence-corrected chi connectivity index (χ1v) is 5.75. The molecule has 3 heteroatoms. The highest BCUT2D eigenvalue weighted by Crippen LogP contribution is 2.37. The number of rotatable bonds is 3. The Bertz CT molecular complexity index is 222. The molecule has 1 saturated carbocycles. The summed E-state index contributed by atoms with van der Waals surface area (Å²) in [7, 11) is 0. The van der Waals surface area contributed by atoms with Crippen molar-refractivity contribution in [3.8, 4) is 0 Å². The monoisotopic (exact) mass is 214 g/mol. The van der Waals surface area contributed by atoms with Gasteiger partial charge in [0.1, 0.15) is 0 Å². The second kappa shape index (κ2) is 4.52. The van der Waals surface area contributed by atoms with Gasteiger partial charge in [-0.25, -0.2) is 0 Å². The molecule has 0 aromatic heterocycles. The first-order chi connectivity index (χ1) is 6.83. The minimum absolute atomic E-state index is 0.143. The lowest BCUT2D eigenvalue weighted by Crippen LogP contribution is -2.43. The van der Waals surface area contributed by atoms with E-state index in [1.165, 1.54) is 6.42 Å². The molecule has 1 aliphatic carbocycles. The van der Waals surface area contributed by atoms with Gasteiger partial charge in [-0.2, -0.15) is 0 Å². The highest BCUT2D eigenvalue weighted by Gasteiger charge is 2.38. The maximum atomic E-state index is 10.9.